The summed E-state index contributed by atoms with van der Waals surface area (Å²) >= 11 is 0. The molecule has 7 heteroatoms. The molecular formula is C9H5F4N3. The Morgan fingerprint density at radius 3 is 2.25 bits per heavy atom. The Bertz CT molecular complexity index is 486. The zero-order chi connectivity index (χ0) is 11.8. The van der Waals surface area contributed by atoms with Crippen molar-refractivity contribution >= 4 is 0 Å². The van der Waals surface area contributed by atoms with Crippen LogP contribution in [0.1, 0.15) is 5.82 Å². The van der Waals surface area contributed by atoms with Gasteiger partial charge in [0.2, 0.25) is 5.82 Å². The molecule has 1 heterocycles. The zero-order valence-electron chi connectivity index (χ0n) is 7.74. The minimum absolute atomic E-state index is 0.152. The van der Waals surface area contributed by atoms with Gasteiger partial charge in [-0.15, -0.1) is 10.2 Å². The van der Waals surface area contributed by atoms with Crippen LogP contribution in [0.25, 0.3) is 5.69 Å². The number of hydrogen-bond donors (Lipinski definition) is 0. The SMILES string of the molecule is Fc1ccc(-n2cnnc2C(F)(F)F)cc1. The van der Waals surface area contributed by atoms with Gasteiger partial charge in [0.05, 0.1) is 0 Å². The van der Waals surface area contributed by atoms with Crippen LogP contribution in [0.2, 0.25) is 0 Å². The molecule has 0 radical (unpaired) electrons. The minimum Gasteiger partial charge on any atom is -0.278 e. The van der Waals surface area contributed by atoms with Crippen molar-refractivity contribution in [2.75, 3.05) is 0 Å². The summed E-state index contributed by atoms with van der Waals surface area (Å²) in [6, 6.07) is 4.56. The highest BCUT2D eigenvalue weighted by atomic mass is 19.4. The van der Waals surface area contributed by atoms with Crippen LogP contribution in [-0.2, 0) is 6.18 Å². The topological polar surface area (TPSA) is 30.7 Å². The van der Waals surface area contributed by atoms with Crippen LogP contribution in [0.15, 0.2) is 30.6 Å². The maximum absolute atomic E-state index is 12.6. The number of hydrogen-bond acceptors (Lipinski definition) is 2. The highest BCUT2D eigenvalue weighted by Gasteiger charge is 2.37. The molecule has 0 aliphatic rings. The Hall–Kier alpha value is -1.92. The molecule has 84 valence electrons. The van der Waals surface area contributed by atoms with E-state index in [1.165, 1.54) is 12.1 Å². The van der Waals surface area contributed by atoms with Crippen LogP contribution >= 0.6 is 0 Å². The molecule has 0 spiro atoms. The molecule has 0 aliphatic heterocycles. The second-order valence-corrected chi connectivity index (χ2v) is 3.00. The van der Waals surface area contributed by atoms with Gasteiger partial charge in [-0.2, -0.15) is 13.2 Å². The van der Waals surface area contributed by atoms with E-state index < -0.39 is 17.8 Å². The van der Waals surface area contributed by atoms with Crippen LogP contribution in [0.3, 0.4) is 0 Å². The maximum Gasteiger partial charge on any atom is 0.452 e. The molecule has 0 bridgehead atoms. The molecule has 0 amide bonds. The smallest absolute Gasteiger partial charge is 0.278 e. The first-order chi connectivity index (χ1) is 7.48. The van der Waals surface area contributed by atoms with E-state index in [9.17, 15) is 17.6 Å². The molecule has 0 N–H and O–H groups in total. The molecule has 16 heavy (non-hydrogen) atoms. The lowest BCUT2D eigenvalue weighted by Gasteiger charge is -2.08. The van der Waals surface area contributed by atoms with Gasteiger partial charge in [-0.05, 0) is 24.3 Å². The molecule has 0 fully saturated rings. The van der Waals surface area contributed by atoms with Gasteiger partial charge in [0.25, 0.3) is 0 Å². The average molecular weight is 231 g/mol. The van der Waals surface area contributed by atoms with Crippen LogP contribution in [-0.4, -0.2) is 14.8 Å². The third-order valence-electron chi connectivity index (χ3n) is 1.91. The second-order valence-electron chi connectivity index (χ2n) is 3.00. The van der Waals surface area contributed by atoms with Crippen molar-refractivity contribution in [1.82, 2.24) is 14.8 Å². The summed E-state index contributed by atoms with van der Waals surface area (Å²) in [7, 11) is 0. The van der Waals surface area contributed by atoms with Gasteiger partial charge in [0.1, 0.15) is 12.1 Å². The normalized spacial score (nSPS) is 11.8. The fourth-order valence-corrected chi connectivity index (χ4v) is 1.22. The first kappa shape index (κ1) is 10.6. The fourth-order valence-electron chi connectivity index (χ4n) is 1.22. The fraction of sp³-hybridized carbons (Fsp3) is 0.111. The highest BCUT2D eigenvalue weighted by molar-refractivity contribution is 5.32. The van der Waals surface area contributed by atoms with Gasteiger partial charge in [-0.1, -0.05) is 0 Å². The van der Waals surface area contributed by atoms with E-state index in [0.717, 1.165) is 23.0 Å². The van der Waals surface area contributed by atoms with Crippen molar-refractivity contribution in [2.45, 2.75) is 6.18 Å². The van der Waals surface area contributed by atoms with Gasteiger partial charge < -0.3 is 0 Å². The maximum atomic E-state index is 12.6. The third-order valence-corrected chi connectivity index (χ3v) is 1.91. The van der Waals surface area contributed by atoms with E-state index in [4.69, 9.17) is 0 Å². The van der Waals surface area contributed by atoms with Crippen LogP contribution < -0.4 is 0 Å². The molecule has 1 aromatic heterocycles. The second kappa shape index (κ2) is 3.58. The molecule has 1 aromatic carbocycles. The summed E-state index contributed by atoms with van der Waals surface area (Å²) in [4.78, 5) is 0. The van der Waals surface area contributed by atoms with E-state index >= 15 is 0 Å². The molecule has 0 unspecified atom stereocenters. The Labute approximate surface area is 87.3 Å². The number of rotatable bonds is 1. The Morgan fingerprint density at radius 2 is 1.69 bits per heavy atom. The number of benzene rings is 1. The average Bonchev–Trinajstić information content (AvgIpc) is 2.66. The minimum atomic E-state index is -4.59. The standard InChI is InChI=1S/C9H5F4N3/c10-6-1-3-7(4-2-6)16-5-14-15-8(16)9(11,12)13/h1-5H. The van der Waals surface area contributed by atoms with Crippen LogP contribution in [0, 0.1) is 5.82 Å². The van der Waals surface area contributed by atoms with Gasteiger partial charge in [-0.25, -0.2) is 4.39 Å². The molecular weight excluding hydrogens is 226 g/mol. The molecule has 2 rings (SSSR count). The lowest BCUT2D eigenvalue weighted by molar-refractivity contribution is -0.146. The first-order valence-corrected chi connectivity index (χ1v) is 4.21. The van der Waals surface area contributed by atoms with Crippen molar-refractivity contribution in [2.24, 2.45) is 0 Å². The van der Waals surface area contributed by atoms with Crippen LogP contribution in [0.5, 0.6) is 0 Å². The number of nitrogens with zero attached hydrogens (tertiary/aromatic N) is 3. The van der Waals surface area contributed by atoms with Gasteiger partial charge in [0, 0.05) is 5.69 Å². The van der Waals surface area contributed by atoms with E-state index in [1.54, 1.807) is 0 Å². The van der Waals surface area contributed by atoms with Crippen molar-refractivity contribution < 1.29 is 17.6 Å². The van der Waals surface area contributed by atoms with E-state index in [1.807, 2.05) is 0 Å². The lowest BCUT2D eigenvalue weighted by Crippen LogP contribution is -2.13. The Balaban J connectivity index is 2.49. The summed E-state index contributed by atoms with van der Waals surface area (Å²) in [5.41, 5.74) is 0.152. The predicted molar refractivity (Wildman–Crippen MR) is 46.3 cm³/mol. The molecule has 0 saturated heterocycles. The van der Waals surface area contributed by atoms with Gasteiger partial charge in [-0.3, -0.25) is 4.57 Å². The summed E-state index contributed by atoms with van der Waals surface area (Å²) in [6.07, 6.45) is -3.67. The summed E-state index contributed by atoms with van der Waals surface area (Å²) in [6.45, 7) is 0. The van der Waals surface area contributed by atoms with Crippen molar-refractivity contribution in [3.05, 3.63) is 42.2 Å². The van der Waals surface area contributed by atoms with Crippen molar-refractivity contribution in [3.63, 3.8) is 0 Å². The van der Waals surface area contributed by atoms with Gasteiger partial charge in [0.15, 0.2) is 0 Å². The Morgan fingerprint density at radius 1 is 1.06 bits per heavy atom. The third kappa shape index (κ3) is 1.88. The summed E-state index contributed by atoms with van der Waals surface area (Å²) in [5.74, 6) is -1.66. The zero-order valence-corrected chi connectivity index (χ0v) is 7.74. The summed E-state index contributed by atoms with van der Waals surface area (Å²) < 4.78 is 50.7. The van der Waals surface area contributed by atoms with Crippen LogP contribution in [0.4, 0.5) is 17.6 Å². The van der Waals surface area contributed by atoms with Gasteiger partial charge >= 0.3 is 6.18 Å². The number of alkyl halides is 3. The first-order valence-electron chi connectivity index (χ1n) is 4.21. The lowest BCUT2D eigenvalue weighted by atomic mass is 10.3. The summed E-state index contributed by atoms with van der Waals surface area (Å²) in [5, 5.41) is 6.17. The molecule has 2 aromatic rings. The monoisotopic (exact) mass is 231 g/mol. The van der Waals surface area contributed by atoms with E-state index in [-0.39, 0.29) is 5.69 Å². The predicted octanol–water partition coefficient (Wildman–Crippen LogP) is 2.43. The highest BCUT2D eigenvalue weighted by Crippen LogP contribution is 2.28. The molecule has 0 aliphatic carbocycles. The van der Waals surface area contributed by atoms with Crippen molar-refractivity contribution in [3.8, 4) is 5.69 Å². The van der Waals surface area contributed by atoms with E-state index in [0.29, 0.717) is 0 Å². The Kier molecular flexibility index (Phi) is 2.37. The number of aromatic nitrogens is 3. The molecule has 3 nitrogen and oxygen atoms in total. The quantitative estimate of drug-likeness (QED) is 0.705. The number of halogens is 4. The van der Waals surface area contributed by atoms with Crippen molar-refractivity contribution in [1.29, 1.82) is 0 Å². The largest absolute Gasteiger partial charge is 0.452 e. The molecule has 0 atom stereocenters. The van der Waals surface area contributed by atoms with E-state index in [2.05, 4.69) is 10.2 Å². The molecule has 0 saturated carbocycles.